The molecule has 6 rings (SSSR count). The molecule has 0 amide bonds. The van der Waals surface area contributed by atoms with Gasteiger partial charge in [0.1, 0.15) is 0 Å². The molecule has 8 heteroatoms. The molecular weight excluding hydrogens is 710 g/mol. The topological polar surface area (TPSA) is 49.9 Å². The van der Waals surface area contributed by atoms with Crippen molar-refractivity contribution in [2.24, 2.45) is 0 Å². The van der Waals surface area contributed by atoms with Crippen LogP contribution < -0.4 is 0 Å². The standard InChI is InChI=1S/6C7H11N.CN.Mo/c6*1-8-7-5-3-2-4-6-7;1-2;/h6*7H,2-6H2;;/q;;;;;;-1;+2. The fourth-order valence-electron chi connectivity index (χ4n) is 7.26. The van der Waals surface area contributed by atoms with Crippen molar-refractivity contribution in [2.45, 2.75) is 229 Å². The Hall–Kier alpha value is -2.88. The van der Waals surface area contributed by atoms with Gasteiger partial charge in [0.2, 0.25) is 36.3 Å². The van der Waals surface area contributed by atoms with Gasteiger partial charge in [-0.05, 0) is 77.0 Å². The predicted molar refractivity (Wildman–Crippen MR) is 206 cm³/mol. The predicted octanol–water partition coefficient (Wildman–Crippen LogP) is 13.5. The molecule has 0 bridgehead atoms. The van der Waals surface area contributed by atoms with Crippen LogP contribution in [0, 0.1) is 51.3 Å². The van der Waals surface area contributed by atoms with E-state index in [4.69, 9.17) is 51.3 Å². The monoisotopic (exact) mass is 778 g/mol. The Morgan fingerprint density at radius 3 is 0.392 bits per heavy atom. The summed E-state index contributed by atoms with van der Waals surface area (Å²) in [5.41, 5.74) is 0. The molecular formula is C43H66MoN7+. The summed E-state index contributed by atoms with van der Waals surface area (Å²) < 4.78 is 0. The summed E-state index contributed by atoms with van der Waals surface area (Å²) in [5.74, 6) is 0. The Balaban J connectivity index is 0. The van der Waals surface area contributed by atoms with Gasteiger partial charge in [0, 0.05) is 77.0 Å². The van der Waals surface area contributed by atoms with E-state index in [1.54, 1.807) is 0 Å². The molecule has 6 fully saturated rings. The van der Waals surface area contributed by atoms with Crippen LogP contribution in [0.3, 0.4) is 0 Å². The Morgan fingerprint density at radius 2 is 0.333 bits per heavy atom. The minimum atomic E-state index is 0. The number of nitrogens with zero attached hydrogens (tertiary/aromatic N) is 7. The molecule has 0 radical (unpaired) electrons. The average molecular weight is 777 g/mol. The molecule has 6 aliphatic carbocycles. The largest absolute Gasteiger partial charge is 2.00 e. The number of hydrogen-bond donors (Lipinski definition) is 0. The average Bonchev–Trinajstić information content (AvgIpc) is 3.24. The van der Waals surface area contributed by atoms with Crippen molar-refractivity contribution in [3.8, 4) is 0 Å². The molecule has 0 aromatic carbocycles. The van der Waals surface area contributed by atoms with Crippen molar-refractivity contribution < 1.29 is 21.1 Å². The van der Waals surface area contributed by atoms with Gasteiger partial charge in [-0.25, -0.2) is 39.4 Å². The van der Waals surface area contributed by atoms with Crippen molar-refractivity contribution in [2.75, 3.05) is 0 Å². The molecule has 7 nitrogen and oxygen atoms in total. The maximum absolute atomic E-state index is 6.72. The summed E-state index contributed by atoms with van der Waals surface area (Å²) in [6.07, 6.45) is 37.4. The van der Waals surface area contributed by atoms with E-state index in [0.29, 0.717) is 36.3 Å². The van der Waals surface area contributed by atoms with Crippen molar-refractivity contribution in [3.05, 3.63) is 75.1 Å². The quantitative estimate of drug-likeness (QED) is 0.179. The van der Waals surface area contributed by atoms with Crippen molar-refractivity contribution in [1.82, 2.24) is 0 Å². The summed E-state index contributed by atoms with van der Waals surface area (Å²) in [5, 5.41) is 6.25. The minimum Gasteiger partial charge on any atom is -0.512 e. The van der Waals surface area contributed by atoms with Crippen LogP contribution in [0.4, 0.5) is 0 Å². The van der Waals surface area contributed by atoms with E-state index >= 15 is 0 Å². The third-order valence-electron chi connectivity index (χ3n) is 10.5. The molecule has 0 aliphatic heterocycles. The minimum absolute atomic E-state index is 0. The zero-order valence-corrected chi connectivity index (χ0v) is 33.7. The molecule has 0 atom stereocenters. The molecule has 0 N–H and O–H groups in total. The summed E-state index contributed by atoms with van der Waals surface area (Å²) >= 11 is 0. The van der Waals surface area contributed by atoms with Crippen LogP contribution in [0.15, 0.2) is 0 Å². The van der Waals surface area contributed by atoms with Gasteiger partial charge < -0.3 is 40.9 Å². The van der Waals surface area contributed by atoms with Gasteiger partial charge in [-0.15, -0.1) is 0 Å². The van der Waals surface area contributed by atoms with E-state index < -0.39 is 0 Å². The summed E-state index contributed by atoms with van der Waals surface area (Å²) in [6, 6.07) is 2.27. The van der Waals surface area contributed by atoms with Gasteiger partial charge in [-0.2, -0.15) is 0 Å². The van der Waals surface area contributed by atoms with Gasteiger partial charge in [0.15, 0.2) is 0 Å². The third kappa shape index (κ3) is 29.4. The Labute approximate surface area is 328 Å². The van der Waals surface area contributed by atoms with Crippen LogP contribution in [-0.2, 0) is 21.1 Å². The van der Waals surface area contributed by atoms with Crippen LogP contribution in [-0.4, -0.2) is 36.3 Å². The van der Waals surface area contributed by atoms with Gasteiger partial charge in [-0.3, -0.25) is 0 Å². The Bertz CT molecular complexity index is 842. The van der Waals surface area contributed by atoms with Crippen LogP contribution in [0.1, 0.15) is 193 Å². The van der Waals surface area contributed by atoms with Gasteiger partial charge in [0.25, 0.3) is 0 Å². The first-order valence-electron chi connectivity index (χ1n) is 20.0. The molecule has 0 aromatic heterocycles. The Morgan fingerprint density at radius 1 is 0.235 bits per heavy atom. The second kappa shape index (κ2) is 38.4. The molecule has 6 aliphatic rings. The van der Waals surface area contributed by atoms with Gasteiger partial charge in [-0.1, -0.05) is 38.5 Å². The normalized spacial score (nSPS) is 21.1. The van der Waals surface area contributed by atoms with Crippen molar-refractivity contribution in [1.29, 1.82) is 5.26 Å². The Kier molecular flexibility index (Phi) is 37.8. The van der Waals surface area contributed by atoms with Crippen LogP contribution in [0.2, 0.25) is 0 Å². The van der Waals surface area contributed by atoms with E-state index in [1.807, 2.05) is 0 Å². The number of hydrogen-bond acceptors (Lipinski definition) is 1. The first-order chi connectivity index (χ1) is 24.6. The SMILES string of the molecule is [C-]#N.[C-]#[N+]C1CCCCC1.[C-]#[N+]C1CCCCC1.[C-]#[N+]C1CCCCC1.[C-]#[N+]C1CCCCC1.[C-]#[N+]C1CCCCC1.[C-]#[N+]C1CCCCC1.[Mo+2]. The van der Waals surface area contributed by atoms with E-state index in [-0.39, 0.29) is 21.1 Å². The molecule has 51 heavy (non-hydrogen) atoms. The fraction of sp³-hybridized carbons (Fsp3) is 0.837. The van der Waals surface area contributed by atoms with E-state index in [0.717, 1.165) is 77.0 Å². The smallest absolute Gasteiger partial charge is 0.512 e. The van der Waals surface area contributed by atoms with E-state index in [1.165, 1.54) is 116 Å². The zero-order valence-electron chi connectivity index (χ0n) is 31.7. The molecule has 0 saturated heterocycles. The summed E-state index contributed by atoms with van der Waals surface area (Å²) in [6.45, 7) is 45.1. The van der Waals surface area contributed by atoms with Crippen LogP contribution in [0.25, 0.3) is 29.1 Å². The third-order valence-corrected chi connectivity index (χ3v) is 10.5. The fourth-order valence-corrected chi connectivity index (χ4v) is 7.26. The maximum Gasteiger partial charge on any atom is 2.00 e. The molecule has 0 aromatic rings. The second-order valence-corrected chi connectivity index (χ2v) is 14.5. The van der Waals surface area contributed by atoms with Gasteiger partial charge >= 0.3 is 21.1 Å². The number of rotatable bonds is 0. The van der Waals surface area contributed by atoms with Crippen LogP contribution >= 0.6 is 0 Å². The molecule has 278 valence electrons. The summed E-state index contributed by atoms with van der Waals surface area (Å²) in [4.78, 5) is 21.0. The molecule has 0 spiro atoms. The van der Waals surface area contributed by atoms with Crippen molar-refractivity contribution in [3.63, 3.8) is 0 Å². The maximum atomic E-state index is 6.72. The first kappa shape index (κ1) is 50.2. The summed E-state index contributed by atoms with van der Waals surface area (Å²) in [7, 11) is 0. The van der Waals surface area contributed by atoms with Gasteiger partial charge in [0.05, 0.1) is 0 Å². The van der Waals surface area contributed by atoms with E-state index in [9.17, 15) is 0 Å². The van der Waals surface area contributed by atoms with E-state index in [2.05, 4.69) is 29.1 Å². The molecule has 0 heterocycles. The molecule has 6 saturated carbocycles. The second-order valence-electron chi connectivity index (χ2n) is 14.5. The first-order valence-corrected chi connectivity index (χ1v) is 20.0. The molecule has 0 unspecified atom stereocenters. The zero-order chi connectivity index (χ0) is 36.9. The van der Waals surface area contributed by atoms with Crippen molar-refractivity contribution >= 4 is 0 Å². The van der Waals surface area contributed by atoms with Crippen LogP contribution in [0.5, 0.6) is 0 Å².